The number of nitrogens with zero attached hydrogens (tertiary/aromatic N) is 1. The average Bonchev–Trinajstić information content (AvgIpc) is 2.89. The smallest absolute Gasteiger partial charge is 0.117 e. The second kappa shape index (κ2) is 5.91. The molecule has 19 heavy (non-hydrogen) atoms. The van der Waals surface area contributed by atoms with E-state index in [4.69, 9.17) is 0 Å². The maximum absolute atomic E-state index is 4.53. The third-order valence-corrected chi connectivity index (χ3v) is 5.17. The van der Waals surface area contributed by atoms with Crippen LogP contribution >= 0.6 is 11.5 Å². The number of anilines is 1. The Hall–Kier alpha value is -1.09. The van der Waals surface area contributed by atoms with Crippen LogP contribution in [0, 0.1) is 5.92 Å². The molecule has 1 atom stereocenters. The first-order valence-corrected chi connectivity index (χ1v) is 8.26. The molecule has 1 N–H and O–H groups in total. The molecule has 2 aromatic rings. The molecule has 0 saturated heterocycles. The largest absolute Gasteiger partial charge is 0.372 e. The van der Waals surface area contributed by atoms with Crippen LogP contribution in [-0.4, -0.2) is 10.4 Å². The minimum Gasteiger partial charge on any atom is -0.372 e. The van der Waals surface area contributed by atoms with Gasteiger partial charge in [0, 0.05) is 11.4 Å². The molecule has 1 aliphatic carbocycles. The summed E-state index contributed by atoms with van der Waals surface area (Å²) in [6, 6.07) is 9.05. The molecule has 0 bridgehead atoms. The molecular formula is C16H22N2S. The molecule has 0 radical (unpaired) electrons. The molecule has 3 heteroatoms. The summed E-state index contributed by atoms with van der Waals surface area (Å²) in [5, 5.41) is 6.31. The Bertz CT molecular complexity index is 528. The second-order valence-electron chi connectivity index (χ2n) is 5.59. The zero-order valence-corrected chi connectivity index (χ0v) is 12.4. The van der Waals surface area contributed by atoms with Crippen molar-refractivity contribution in [3.8, 4) is 0 Å². The monoisotopic (exact) mass is 274 g/mol. The Balaban J connectivity index is 1.78. The number of hydrogen-bond donors (Lipinski definition) is 1. The van der Waals surface area contributed by atoms with E-state index in [9.17, 15) is 0 Å². The van der Waals surface area contributed by atoms with Gasteiger partial charge in [0.15, 0.2) is 0 Å². The molecule has 0 spiro atoms. The van der Waals surface area contributed by atoms with Gasteiger partial charge in [0.25, 0.3) is 0 Å². The Morgan fingerprint density at radius 3 is 2.84 bits per heavy atom. The van der Waals surface area contributed by atoms with Crippen molar-refractivity contribution in [3.05, 3.63) is 24.3 Å². The van der Waals surface area contributed by atoms with Crippen molar-refractivity contribution in [2.75, 3.05) is 5.32 Å². The lowest BCUT2D eigenvalue weighted by molar-refractivity contribution is 0.313. The van der Waals surface area contributed by atoms with Gasteiger partial charge in [0.1, 0.15) is 5.00 Å². The molecule has 1 heterocycles. The van der Waals surface area contributed by atoms with Crippen LogP contribution in [0.1, 0.15) is 45.4 Å². The van der Waals surface area contributed by atoms with E-state index in [1.165, 1.54) is 48.9 Å². The van der Waals surface area contributed by atoms with E-state index in [1.54, 1.807) is 11.5 Å². The van der Waals surface area contributed by atoms with Gasteiger partial charge in [0.2, 0.25) is 0 Å². The number of hydrogen-bond acceptors (Lipinski definition) is 3. The minimum atomic E-state index is 0.615. The van der Waals surface area contributed by atoms with Gasteiger partial charge in [0.05, 0.1) is 5.52 Å². The molecule has 0 aliphatic heterocycles. The summed E-state index contributed by atoms with van der Waals surface area (Å²) < 4.78 is 4.53. The van der Waals surface area contributed by atoms with E-state index in [0.29, 0.717) is 6.04 Å². The van der Waals surface area contributed by atoms with Gasteiger partial charge >= 0.3 is 0 Å². The summed E-state index contributed by atoms with van der Waals surface area (Å²) in [4.78, 5) is 0. The van der Waals surface area contributed by atoms with Crippen molar-refractivity contribution in [3.63, 3.8) is 0 Å². The van der Waals surface area contributed by atoms with E-state index in [2.05, 4.69) is 40.9 Å². The zero-order chi connectivity index (χ0) is 13.1. The van der Waals surface area contributed by atoms with E-state index < -0.39 is 0 Å². The topological polar surface area (TPSA) is 24.9 Å². The first kappa shape index (κ1) is 12.9. The summed E-state index contributed by atoms with van der Waals surface area (Å²) in [5.41, 5.74) is 1.12. The standard InChI is InChI=1S/C16H22N2S/c1-2-14(12-8-4-3-5-9-12)17-16-13-10-6-7-11-15(13)18-19-16/h6-7,10-12,14,17H,2-5,8-9H2,1H3. The maximum Gasteiger partial charge on any atom is 0.117 e. The van der Waals surface area contributed by atoms with Gasteiger partial charge < -0.3 is 5.32 Å². The molecular weight excluding hydrogens is 252 g/mol. The predicted octanol–water partition coefficient (Wildman–Crippen LogP) is 5.07. The molecule has 3 rings (SSSR count). The summed E-state index contributed by atoms with van der Waals surface area (Å²) in [6.07, 6.45) is 8.23. The van der Waals surface area contributed by atoms with E-state index in [0.717, 1.165) is 11.4 Å². The Morgan fingerprint density at radius 2 is 2.05 bits per heavy atom. The highest BCUT2D eigenvalue weighted by atomic mass is 32.1. The lowest BCUT2D eigenvalue weighted by Gasteiger charge is -2.30. The Kier molecular flexibility index (Phi) is 4.02. The fourth-order valence-corrected chi connectivity index (χ4v) is 4.08. The number of rotatable bonds is 4. The molecule has 1 aromatic heterocycles. The van der Waals surface area contributed by atoms with Crippen molar-refractivity contribution in [1.82, 2.24) is 4.37 Å². The first-order valence-electron chi connectivity index (χ1n) is 7.49. The number of nitrogens with one attached hydrogen (secondary N) is 1. The fourth-order valence-electron chi connectivity index (χ4n) is 3.25. The quantitative estimate of drug-likeness (QED) is 0.842. The third kappa shape index (κ3) is 2.76. The maximum atomic E-state index is 4.53. The van der Waals surface area contributed by atoms with Gasteiger partial charge in [-0.3, -0.25) is 0 Å². The normalized spacial score (nSPS) is 18.6. The highest BCUT2D eigenvalue weighted by molar-refractivity contribution is 7.11. The van der Waals surface area contributed by atoms with Crippen LogP contribution in [0.5, 0.6) is 0 Å². The van der Waals surface area contributed by atoms with Crippen LogP contribution in [0.2, 0.25) is 0 Å². The molecule has 1 aromatic carbocycles. The molecule has 1 saturated carbocycles. The van der Waals surface area contributed by atoms with Crippen LogP contribution in [0.3, 0.4) is 0 Å². The Morgan fingerprint density at radius 1 is 1.26 bits per heavy atom. The van der Waals surface area contributed by atoms with Crippen LogP contribution < -0.4 is 5.32 Å². The molecule has 0 amide bonds. The number of aromatic nitrogens is 1. The average molecular weight is 274 g/mol. The first-order chi connectivity index (χ1) is 9.38. The van der Waals surface area contributed by atoms with Gasteiger partial charge in [-0.2, -0.15) is 4.37 Å². The summed E-state index contributed by atoms with van der Waals surface area (Å²) in [7, 11) is 0. The molecule has 2 nitrogen and oxygen atoms in total. The highest BCUT2D eigenvalue weighted by Crippen LogP contribution is 2.33. The van der Waals surface area contributed by atoms with E-state index >= 15 is 0 Å². The van der Waals surface area contributed by atoms with Crippen LogP contribution in [0.4, 0.5) is 5.00 Å². The predicted molar refractivity (Wildman–Crippen MR) is 83.9 cm³/mol. The summed E-state index contributed by atoms with van der Waals surface area (Å²) in [5.74, 6) is 0.847. The van der Waals surface area contributed by atoms with Crippen LogP contribution in [0.15, 0.2) is 24.3 Å². The number of fused-ring (bicyclic) bond motifs is 1. The van der Waals surface area contributed by atoms with E-state index in [1.807, 2.05) is 0 Å². The molecule has 1 aliphatic rings. The molecule has 102 valence electrons. The zero-order valence-electron chi connectivity index (χ0n) is 11.6. The van der Waals surface area contributed by atoms with Crippen molar-refractivity contribution < 1.29 is 0 Å². The van der Waals surface area contributed by atoms with Crippen molar-refractivity contribution >= 4 is 27.4 Å². The molecule has 1 unspecified atom stereocenters. The summed E-state index contributed by atoms with van der Waals surface area (Å²) in [6.45, 7) is 2.30. The molecule has 1 fully saturated rings. The van der Waals surface area contributed by atoms with Crippen molar-refractivity contribution in [2.45, 2.75) is 51.5 Å². The lowest BCUT2D eigenvalue weighted by atomic mass is 9.83. The summed E-state index contributed by atoms with van der Waals surface area (Å²) >= 11 is 1.61. The lowest BCUT2D eigenvalue weighted by Crippen LogP contribution is -2.29. The van der Waals surface area contributed by atoms with Crippen LogP contribution in [0.25, 0.3) is 10.9 Å². The third-order valence-electron chi connectivity index (χ3n) is 4.36. The van der Waals surface area contributed by atoms with Crippen LogP contribution in [-0.2, 0) is 0 Å². The number of benzene rings is 1. The SMILES string of the molecule is CCC(Nc1snc2ccccc12)C1CCCCC1. The van der Waals surface area contributed by atoms with Gasteiger partial charge in [-0.25, -0.2) is 0 Å². The second-order valence-corrected chi connectivity index (χ2v) is 6.36. The fraction of sp³-hybridized carbons (Fsp3) is 0.562. The van der Waals surface area contributed by atoms with Gasteiger partial charge in [-0.1, -0.05) is 38.3 Å². The highest BCUT2D eigenvalue weighted by Gasteiger charge is 2.23. The van der Waals surface area contributed by atoms with Crippen molar-refractivity contribution in [2.24, 2.45) is 5.92 Å². The van der Waals surface area contributed by atoms with Crippen molar-refractivity contribution in [1.29, 1.82) is 0 Å². The van der Waals surface area contributed by atoms with E-state index in [-0.39, 0.29) is 0 Å². The van der Waals surface area contributed by atoms with Gasteiger partial charge in [-0.05, 0) is 48.8 Å². The minimum absolute atomic E-state index is 0.615. The van der Waals surface area contributed by atoms with Gasteiger partial charge in [-0.15, -0.1) is 0 Å². The Labute approximate surface area is 119 Å².